The van der Waals surface area contributed by atoms with Crippen molar-refractivity contribution in [2.45, 2.75) is 70.9 Å². The average molecular weight is 453 g/mol. The van der Waals surface area contributed by atoms with E-state index in [1.54, 1.807) is 6.20 Å². The summed E-state index contributed by atoms with van der Waals surface area (Å²) in [6.45, 7) is 4.78. The molecule has 2 aliphatic rings. The van der Waals surface area contributed by atoms with Gasteiger partial charge in [0.1, 0.15) is 5.75 Å². The molecule has 1 atom stereocenters. The maximum Gasteiger partial charge on any atom is 0.260 e. The number of nitrogens with zero attached hydrogens (tertiary/aromatic N) is 3. The summed E-state index contributed by atoms with van der Waals surface area (Å²) in [5, 5.41) is 7.36. The van der Waals surface area contributed by atoms with Gasteiger partial charge in [0.15, 0.2) is 6.10 Å². The summed E-state index contributed by atoms with van der Waals surface area (Å²) in [6, 6.07) is 9.93. The molecule has 2 aliphatic heterocycles. The third kappa shape index (κ3) is 6.15. The van der Waals surface area contributed by atoms with Crippen molar-refractivity contribution >= 4 is 11.8 Å². The smallest absolute Gasteiger partial charge is 0.260 e. The second-order valence-electron chi connectivity index (χ2n) is 9.55. The van der Waals surface area contributed by atoms with Crippen molar-refractivity contribution in [1.82, 2.24) is 20.0 Å². The third-order valence-corrected chi connectivity index (χ3v) is 7.20. The Morgan fingerprint density at radius 3 is 2.79 bits per heavy atom. The molecule has 1 fully saturated rings. The highest BCUT2D eigenvalue weighted by molar-refractivity contribution is 5.80. The molecular weight excluding hydrogens is 416 g/mol. The number of nitrogens with one attached hydrogen (secondary N) is 1. The summed E-state index contributed by atoms with van der Waals surface area (Å²) in [7, 11) is 0. The number of likely N-dealkylation sites (tertiary alicyclic amines) is 1. The first-order valence-electron chi connectivity index (χ1n) is 12.3. The van der Waals surface area contributed by atoms with E-state index in [-0.39, 0.29) is 17.2 Å². The number of ether oxygens (including phenoxy) is 1. The molecule has 178 valence electrons. The van der Waals surface area contributed by atoms with Crippen LogP contribution in [0.3, 0.4) is 0 Å². The number of carbonyl (C=O) groups excluding carboxylic acids is 2. The highest BCUT2D eigenvalue weighted by atomic mass is 16.5. The number of carbonyl (C=O) groups is 2. The van der Waals surface area contributed by atoms with Gasteiger partial charge in [0.25, 0.3) is 5.91 Å². The minimum atomic E-state index is -0.529. The molecule has 0 radical (unpaired) electrons. The predicted molar refractivity (Wildman–Crippen MR) is 127 cm³/mol. The van der Waals surface area contributed by atoms with Gasteiger partial charge in [-0.2, -0.15) is 5.10 Å². The Morgan fingerprint density at radius 2 is 2.00 bits per heavy atom. The number of rotatable bonds is 4. The fraction of sp³-hybridized carbons (Fsp3) is 0.577. The first kappa shape index (κ1) is 23.3. The summed E-state index contributed by atoms with van der Waals surface area (Å²) in [4.78, 5) is 27.5. The lowest BCUT2D eigenvalue weighted by Gasteiger charge is -2.42. The van der Waals surface area contributed by atoms with Crippen LogP contribution in [0.25, 0.3) is 0 Å². The summed E-state index contributed by atoms with van der Waals surface area (Å²) in [5.41, 5.74) is 1.22. The monoisotopic (exact) mass is 452 g/mol. The van der Waals surface area contributed by atoms with Gasteiger partial charge in [0, 0.05) is 45.0 Å². The largest absolute Gasteiger partial charge is 0.481 e. The second kappa shape index (κ2) is 10.9. The van der Waals surface area contributed by atoms with Crippen LogP contribution in [0.1, 0.15) is 57.4 Å². The molecule has 7 heteroatoms. The minimum absolute atomic E-state index is 0.0555. The van der Waals surface area contributed by atoms with Crippen LogP contribution in [0, 0.1) is 5.41 Å². The maximum absolute atomic E-state index is 12.7. The van der Waals surface area contributed by atoms with E-state index in [4.69, 9.17) is 4.74 Å². The summed E-state index contributed by atoms with van der Waals surface area (Å²) in [5.74, 6) is 0.976. The Morgan fingerprint density at radius 1 is 1.18 bits per heavy atom. The number of hydrogen-bond donors (Lipinski definition) is 1. The molecule has 1 aromatic carbocycles. The number of hydrogen-bond acceptors (Lipinski definition) is 4. The van der Waals surface area contributed by atoms with E-state index in [1.807, 2.05) is 47.0 Å². The molecule has 7 nitrogen and oxygen atoms in total. The molecule has 1 spiro atoms. The summed E-state index contributed by atoms with van der Waals surface area (Å²) >= 11 is 0. The molecule has 33 heavy (non-hydrogen) atoms. The van der Waals surface area contributed by atoms with Gasteiger partial charge in [0.05, 0.1) is 0 Å². The van der Waals surface area contributed by atoms with E-state index >= 15 is 0 Å². The van der Waals surface area contributed by atoms with Gasteiger partial charge < -0.3 is 15.0 Å². The number of fused-ring (bicyclic) bond motifs is 1. The molecule has 2 amide bonds. The Hall–Kier alpha value is -2.83. The highest BCUT2D eigenvalue weighted by Crippen LogP contribution is 2.37. The van der Waals surface area contributed by atoms with E-state index in [2.05, 4.69) is 16.5 Å². The van der Waals surface area contributed by atoms with Crippen molar-refractivity contribution in [1.29, 1.82) is 0 Å². The van der Waals surface area contributed by atoms with E-state index in [9.17, 15) is 9.59 Å². The zero-order valence-corrected chi connectivity index (χ0v) is 19.7. The van der Waals surface area contributed by atoms with Gasteiger partial charge >= 0.3 is 0 Å². The van der Waals surface area contributed by atoms with Crippen LogP contribution < -0.4 is 10.1 Å². The molecule has 1 N–H and O–H groups in total. The number of amides is 2. The number of piperidine rings is 1. The molecule has 0 aliphatic carbocycles. The van der Waals surface area contributed by atoms with Crippen LogP contribution in [0.4, 0.5) is 0 Å². The molecule has 1 saturated heterocycles. The Bertz CT molecular complexity index is 919. The van der Waals surface area contributed by atoms with E-state index in [1.165, 1.54) is 5.56 Å². The van der Waals surface area contributed by atoms with Gasteiger partial charge in [-0.25, -0.2) is 0 Å². The van der Waals surface area contributed by atoms with Crippen molar-refractivity contribution in [3.05, 3.63) is 48.3 Å². The van der Waals surface area contributed by atoms with Crippen molar-refractivity contribution < 1.29 is 14.3 Å². The second-order valence-corrected chi connectivity index (χ2v) is 9.55. The summed E-state index contributed by atoms with van der Waals surface area (Å²) in [6.07, 6.45) is 10.6. The molecule has 3 heterocycles. The number of para-hydroxylation sites is 1. The fourth-order valence-corrected chi connectivity index (χ4v) is 5.03. The van der Waals surface area contributed by atoms with Gasteiger partial charge in [-0.15, -0.1) is 0 Å². The number of benzene rings is 1. The molecule has 0 bridgehead atoms. The molecule has 0 saturated carbocycles. The van der Waals surface area contributed by atoms with Gasteiger partial charge in [-0.3, -0.25) is 14.3 Å². The lowest BCUT2D eigenvalue weighted by atomic mass is 9.74. The number of aryl methyl sites for hydroxylation is 2. The fourth-order valence-electron chi connectivity index (χ4n) is 5.03. The third-order valence-electron chi connectivity index (χ3n) is 7.20. The van der Waals surface area contributed by atoms with E-state index < -0.39 is 6.10 Å². The summed E-state index contributed by atoms with van der Waals surface area (Å²) < 4.78 is 7.87. The lowest BCUT2D eigenvalue weighted by molar-refractivity contribution is -0.134. The number of aromatic nitrogens is 2. The van der Waals surface area contributed by atoms with Crippen LogP contribution >= 0.6 is 0 Å². The topological polar surface area (TPSA) is 76.5 Å². The van der Waals surface area contributed by atoms with Crippen molar-refractivity contribution in [3.8, 4) is 5.75 Å². The Balaban J connectivity index is 1.32. The predicted octanol–water partition coefficient (Wildman–Crippen LogP) is 3.58. The van der Waals surface area contributed by atoms with Crippen LogP contribution in [0.5, 0.6) is 5.75 Å². The van der Waals surface area contributed by atoms with Crippen molar-refractivity contribution in [2.24, 2.45) is 5.41 Å². The van der Waals surface area contributed by atoms with Crippen LogP contribution in [-0.2, 0) is 22.6 Å². The SMILES string of the molecule is C[C@H]1Oc2ccccc2CCCCC2(CCN(C(=O)CCCn3cccn3)CC2)CNC1=O. The quantitative estimate of drug-likeness (QED) is 0.769. The minimum Gasteiger partial charge on any atom is -0.481 e. The molecule has 4 rings (SSSR count). The average Bonchev–Trinajstić information content (AvgIpc) is 3.34. The van der Waals surface area contributed by atoms with E-state index in [0.717, 1.165) is 70.3 Å². The molecule has 2 aromatic rings. The van der Waals surface area contributed by atoms with Crippen LogP contribution in [0.2, 0.25) is 0 Å². The highest BCUT2D eigenvalue weighted by Gasteiger charge is 2.36. The Labute approximate surface area is 196 Å². The molecular formula is C26H36N4O3. The normalized spacial score (nSPS) is 21.3. The van der Waals surface area contributed by atoms with Crippen molar-refractivity contribution in [3.63, 3.8) is 0 Å². The van der Waals surface area contributed by atoms with Crippen LogP contribution in [-0.4, -0.2) is 52.2 Å². The molecule has 1 aromatic heterocycles. The first-order chi connectivity index (χ1) is 16.0. The van der Waals surface area contributed by atoms with Gasteiger partial charge in [-0.05, 0) is 68.6 Å². The lowest BCUT2D eigenvalue weighted by Crippen LogP contribution is -2.49. The maximum atomic E-state index is 12.7. The van der Waals surface area contributed by atoms with Gasteiger partial charge in [-0.1, -0.05) is 24.6 Å². The first-order valence-corrected chi connectivity index (χ1v) is 12.3. The van der Waals surface area contributed by atoms with Crippen molar-refractivity contribution in [2.75, 3.05) is 19.6 Å². The zero-order chi connectivity index (χ0) is 23.1. The standard InChI is InChI=1S/C26H36N4O3/c1-21-25(32)27-20-26(12-5-4-9-22-8-2-3-10-23(22)33-21)13-18-29(19-14-26)24(31)11-6-16-30-17-7-15-28-30/h2-3,7-8,10,15,17,21H,4-6,9,11-14,16,18-20H2,1H3,(H,27,32)/t21-/m1/s1. The zero-order valence-electron chi connectivity index (χ0n) is 19.7. The van der Waals surface area contributed by atoms with E-state index in [0.29, 0.717) is 13.0 Å². The van der Waals surface area contributed by atoms with Gasteiger partial charge in [0.2, 0.25) is 5.91 Å². The molecule has 0 unspecified atom stereocenters. The Kier molecular flexibility index (Phi) is 7.68. The van der Waals surface area contributed by atoms with Crippen LogP contribution in [0.15, 0.2) is 42.7 Å².